The fourth-order valence-electron chi connectivity index (χ4n) is 7.15. The molecule has 0 bridgehead atoms. The zero-order valence-corrected chi connectivity index (χ0v) is 18.3. The number of primary amides is 1. The Kier molecular flexibility index (Phi) is 4.10. The van der Waals surface area contributed by atoms with Crippen molar-refractivity contribution in [2.45, 2.75) is 55.8 Å². The quantitative estimate of drug-likeness (QED) is 0.586. The number of benzene rings is 1. The van der Waals surface area contributed by atoms with E-state index in [1.54, 1.807) is 0 Å². The van der Waals surface area contributed by atoms with Gasteiger partial charge in [0.1, 0.15) is 5.54 Å². The highest BCUT2D eigenvalue weighted by molar-refractivity contribution is 7.89. The maximum atomic E-state index is 12.9. The molecular formula is C21H24F3N3O4S. The molecule has 4 aliphatic rings. The Morgan fingerprint density at radius 3 is 2.22 bits per heavy atom. The van der Waals surface area contributed by atoms with E-state index in [4.69, 9.17) is 5.73 Å². The van der Waals surface area contributed by atoms with Gasteiger partial charge in [-0.15, -0.1) is 0 Å². The zero-order chi connectivity index (χ0) is 23.5. The molecule has 4 fully saturated rings. The molecule has 4 N–H and O–H groups in total. The van der Waals surface area contributed by atoms with Crippen molar-refractivity contribution in [1.82, 2.24) is 10.0 Å². The van der Waals surface area contributed by atoms with Crippen LogP contribution < -0.4 is 15.8 Å². The molecule has 11 heteroatoms. The van der Waals surface area contributed by atoms with Crippen LogP contribution in [0.4, 0.5) is 13.2 Å². The van der Waals surface area contributed by atoms with Gasteiger partial charge in [-0.25, -0.2) is 8.42 Å². The number of carbonyl (C=O) groups excluding carboxylic acids is 2. The fraction of sp³-hybridized carbons (Fsp3) is 0.619. The van der Waals surface area contributed by atoms with Gasteiger partial charge in [0, 0.05) is 6.04 Å². The van der Waals surface area contributed by atoms with Crippen LogP contribution in [0.2, 0.25) is 0 Å². The molecule has 0 aromatic heterocycles. The molecule has 5 rings (SSSR count). The molecular weight excluding hydrogens is 447 g/mol. The van der Waals surface area contributed by atoms with Crippen LogP contribution in [-0.4, -0.2) is 31.8 Å². The van der Waals surface area contributed by atoms with E-state index < -0.39 is 38.6 Å². The highest BCUT2D eigenvalue weighted by atomic mass is 32.2. The number of sulfonamides is 1. The lowest BCUT2D eigenvalue weighted by atomic mass is 9.12. The third kappa shape index (κ3) is 2.43. The van der Waals surface area contributed by atoms with Gasteiger partial charge in [-0.1, -0.05) is 0 Å². The molecule has 0 radical (unpaired) electrons. The smallest absolute Gasteiger partial charge is 0.369 e. The lowest BCUT2D eigenvalue weighted by molar-refractivity contribution is -0.424. The molecule has 6 atom stereocenters. The van der Waals surface area contributed by atoms with Gasteiger partial charge < -0.3 is 11.1 Å². The van der Waals surface area contributed by atoms with E-state index >= 15 is 0 Å². The lowest BCUT2D eigenvalue weighted by Crippen LogP contribution is -2.94. The molecule has 1 spiro atoms. The first-order chi connectivity index (χ1) is 14.7. The van der Waals surface area contributed by atoms with Gasteiger partial charge in [-0.2, -0.15) is 17.9 Å². The van der Waals surface area contributed by atoms with Crippen LogP contribution in [0.5, 0.6) is 0 Å². The van der Waals surface area contributed by atoms with Crippen molar-refractivity contribution in [1.29, 1.82) is 0 Å². The van der Waals surface area contributed by atoms with E-state index in [0.717, 1.165) is 25.0 Å². The van der Waals surface area contributed by atoms with Gasteiger partial charge in [0.2, 0.25) is 21.8 Å². The second-order valence-electron chi connectivity index (χ2n) is 10.2. The average molecular weight is 472 g/mol. The zero-order valence-electron chi connectivity index (χ0n) is 17.5. The van der Waals surface area contributed by atoms with Crippen molar-refractivity contribution >= 4 is 21.8 Å². The van der Waals surface area contributed by atoms with Crippen LogP contribution in [0.1, 0.15) is 38.7 Å². The minimum atomic E-state index is -4.58. The molecule has 1 aromatic rings. The second-order valence-corrected chi connectivity index (χ2v) is 11.9. The van der Waals surface area contributed by atoms with Crippen molar-refractivity contribution in [2.24, 2.45) is 34.3 Å². The summed E-state index contributed by atoms with van der Waals surface area (Å²) in [6.45, 7) is 2.81. The molecule has 0 aliphatic heterocycles. The van der Waals surface area contributed by atoms with Crippen molar-refractivity contribution in [2.75, 3.05) is 0 Å². The summed E-state index contributed by atoms with van der Waals surface area (Å²) in [7, 11) is -4.23. The monoisotopic (exact) mass is 471 g/mol. The van der Waals surface area contributed by atoms with E-state index in [-0.39, 0.29) is 34.1 Å². The summed E-state index contributed by atoms with van der Waals surface area (Å²) < 4.78 is 65.8. The van der Waals surface area contributed by atoms with Gasteiger partial charge in [-0.05, 0) is 80.5 Å². The highest BCUT2D eigenvalue weighted by Crippen LogP contribution is 2.92. The first-order valence-electron chi connectivity index (χ1n) is 10.5. The van der Waals surface area contributed by atoms with Crippen LogP contribution >= 0.6 is 0 Å². The Balaban J connectivity index is 1.26. The molecule has 4 aliphatic carbocycles. The van der Waals surface area contributed by atoms with Crippen LogP contribution in [0.25, 0.3) is 0 Å². The van der Waals surface area contributed by atoms with Crippen LogP contribution in [0, 0.1) is 28.6 Å². The summed E-state index contributed by atoms with van der Waals surface area (Å²) >= 11 is 0. The van der Waals surface area contributed by atoms with Gasteiger partial charge in [0.25, 0.3) is 0 Å². The summed E-state index contributed by atoms with van der Waals surface area (Å²) in [5.41, 5.74) is 2.66. The summed E-state index contributed by atoms with van der Waals surface area (Å²) in [6, 6.07) is 2.96. The highest BCUT2D eigenvalue weighted by Gasteiger charge is 2.92. The van der Waals surface area contributed by atoms with E-state index in [2.05, 4.69) is 10.0 Å². The van der Waals surface area contributed by atoms with E-state index in [1.807, 2.05) is 0 Å². The topological polar surface area (TPSA) is 118 Å². The third-order valence-electron chi connectivity index (χ3n) is 8.52. The molecule has 32 heavy (non-hydrogen) atoms. The third-order valence-corrected chi connectivity index (χ3v) is 10.2. The summed E-state index contributed by atoms with van der Waals surface area (Å²) in [5, 5.41) is 2.95. The van der Waals surface area contributed by atoms with Crippen molar-refractivity contribution in [3.05, 3.63) is 29.8 Å². The summed E-state index contributed by atoms with van der Waals surface area (Å²) in [6.07, 6.45) is -2.18. The van der Waals surface area contributed by atoms with Crippen LogP contribution in [-0.2, 0) is 25.8 Å². The molecule has 174 valence electrons. The molecule has 1 aromatic carbocycles. The molecule has 0 saturated heterocycles. The number of rotatable bonds is 6. The minimum absolute atomic E-state index is 0.0688. The van der Waals surface area contributed by atoms with E-state index in [9.17, 15) is 31.2 Å². The van der Waals surface area contributed by atoms with Crippen LogP contribution in [0.15, 0.2) is 29.2 Å². The lowest BCUT2D eigenvalue weighted by Gasteiger charge is -2.92. The van der Waals surface area contributed by atoms with Crippen molar-refractivity contribution in [3.8, 4) is 0 Å². The molecule has 4 saturated carbocycles. The van der Waals surface area contributed by atoms with Gasteiger partial charge in [0.15, 0.2) is 0 Å². The molecule has 2 amide bonds. The van der Waals surface area contributed by atoms with Crippen molar-refractivity contribution < 1.29 is 31.2 Å². The maximum absolute atomic E-state index is 12.9. The molecule has 7 nitrogen and oxygen atoms in total. The summed E-state index contributed by atoms with van der Waals surface area (Å²) in [5.74, 6) is 0.0620. The van der Waals surface area contributed by atoms with Crippen LogP contribution in [0.3, 0.4) is 0 Å². The standard InChI is InChI=1S/C21H24F3N3O4S/c1-18(2,27-32(30,31)12-5-3-10(4-6-12)21(22,23)24)17(29)26-15-13-7-11-8-19(16(25)28)9-14(15)20(11,13)19/h3-6,11,13-15,27H,7-9H2,1-2H3,(H2,25,28)(H,26,29). The number of hydrogen-bond acceptors (Lipinski definition) is 4. The number of carbonyl (C=O) groups is 2. The Hall–Kier alpha value is -2.14. The Morgan fingerprint density at radius 2 is 1.72 bits per heavy atom. The van der Waals surface area contributed by atoms with Gasteiger partial charge in [-0.3, -0.25) is 9.59 Å². The normalized spacial score (nSPS) is 36.9. The maximum Gasteiger partial charge on any atom is 0.416 e. The number of amides is 2. The number of alkyl halides is 3. The van der Waals surface area contributed by atoms with E-state index in [0.29, 0.717) is 24.5 Å². The number of nitrogens with one attached hydrogen (secondary N) is 2. The average Bonchev–Trinajstić information content (AvgIpc) is 2.61. The molecule has 6 unspecified atom stereocenters. The van der Waals surface area contributed by atoms with Crippen molar-refractivity contribution in [3.63, 3.8) is 0 Å². The predicted octanol–water partition coefficient (Wildman–Crippen LogP) is 1.78. The van der Waals surface area contributed by atoms with Gasteiger partial charge >= 0.3 is 6.18 Å². The first kappa shape index (κ1) is 21.7. The summed E-state index contributed by atoms with van der Waals surface area (Å²) in [4.78, 5) is 24.5. The SMILES string of the molecule is CC(C)(NS(=O)(=O)c1ccc(C(F)(F)F)cc1)C(=O)NC1C2CC3CC4(C(N)=O)CC1C324. The number of halogens is 3. The first-order valence-corrected chi connectivity index (χ1v) is 12.0. The predicted molar refractivity (Wildman–Crippen MR) is 106 cm³/mol. The Morgan fingerprint density at radius 1 is 1.09 bits per heavy atom. The fourth-order valence-corrected chi connectivity index (χ4v) is 8.53. The second kappa shape index (κ2) is 6.05. The largest absolute Gasteiger partial charge is 0.416 e. The Bertz CT molecular complexity index is 1130. The number of hydrogen-bond donors (Lipinski definition) is 3. The minimum Gasteiger partial charge on any atom is -0.369 e. The van der Waals surface area contributed by atoms with Gasteiger partial charge in [0.05, 0.1) is 15.9 Å². The van der Waals surface area contributed by atoms with E-state index in [1.165, 1.54) is 13.8 Å². The number of nitrogens with two attached hydrogens (primary N) is 1. The Labute approximate surface area is 183 Å². The molecule has 0 heterocycles.